The summed E-state index contributed by atoms with van der Waals surface area (Å²) in [6.07, 6.45) is 6.42. The minimum atomic E-state index is -0.274. The molecular weight excluding hydrogens is 333 g/mol. The molecule has 0 aliphatic rings. The average molecular weight is 351 g/mol. The van der Waals surface area contributed by atoms with Crippen LogP contribution in [0.4, 0.5) is 10.1 Å². The van der Waals surface area contributed by atoms with Gasteiger partial charge in [-0.05, 0) is 29.8 Å². The number of carbonyl (C=O) groups is 1. The molecule has 0 aliphatic carbocycles. The van der Waals surface area contributed by atoms with E-state index in [1.807, 2.05) is 24.3 Å². The van der Waals surface area contributed by atoms with Gasteiger partial charge >= 0.3 is 0 Å². The van der Waals surface area contributed by atoms with Gasteiger partial charge in [0.05, 0.1) is 25.5 Å². The molecule has 0 saturated carbocycles. The number of nitrogens with zero attached hydrogens (tertiary/aromatic N) is 2. The molecule has 0 spiro atoms. The number of methoxy groups -OCH3 is 1. The van der Waals surface area contributed by atoms with E-state index >= 15 is 0 Å². The van der Waals surface area contributed by atoms with Gasteiger partial charge in [0.2, 0.25) is 5.91 Å². The molecule has 26 heavy (non-hydrogen) atoms. The predicted octanol–water partition coefficient (Wildman–Crippen LogP) is 3.73. The molecule has 5 nitrogen and oxygen atoms in total. The van der Waals surface area contributed by atoms with E-state index in [-0.39, 0.29) is 11.7 Å². The molecule has 0 bridgehead atoms. The Kier molecular flexibility index (Phi) is 5.43. The van der Waals surface area contributed by atoms with E-state index in [0.29, 0.717) is 18.0 Å². The van der Waals surface area contributed by atoms with Crippen LogP contribution in [0, 0.1) is 5.82 Å². The summed E-state index contributed by atoms with van der Waals surface area (Å²) in [4.78, 5) is 12.1. The summed E-state index contributed by atoms with van der Waals surface area (Å²) < 4.78 is 19.8. The summed E-state index contributed by atoms with van der Waals surface area (Å²) >= 11 is 0. The Morgan fingerprint density at radius 2 is 2.00 bits per heavy atom. The van der Waals surface area contributed by atoms with Gasteiger partial charge in [0.15, 0.2) is 0 Å². The number of amides is 1. The molecule has 0 radical (unpaired) electrons. The summed E-state index contributed by atoms with van der Waals surface area (Å²) in [5.74, 6) is 0.157. The largest absolute Gasteiger partial charge is 0.496 e. The fourth-order valence-corrected chi connectivity index (χ4v) is 2.44. The van der Waals surface area contributed by atoms with Crippen molar-refractivity contribution >= 4 is 17.7 Å². The van der Waals surface area contributed by atoms with E-state index in [0.717, 1.165) is 11.1 Å². The van der Waals surface area contributed by atoms with E-state index in [9.17, 15) is 9.18 Å². The highest BCUT2D eigenvalue weighted by Crippen LogP contribution is 2.18. The number of benzene rings is 2. The monoisotopic (exact) mass is 351 g/mol. The van der Waals surface area contributed by atoms with Crippen molar-refractivity contribution in [3.63, 3.8) is 0 Å². The summed E-state index contributed by atoms with van der Waals surface area (Å²) in [7, 11) is 1.59. The average Bonchev–Trinajstić information content (AvgIpc) is 3.09. The highest BCUT2D eigenvalue weighted by Gasteiger charge is 2.04. The molecule has 0 atom stereocenters. The normalized spacial score (nSPS) is 10.8. The lowest BCUT2D eigenvalue weighted by atomic mass is 10.2. The molecule has 0 unspecified atom stereocenters. The van der Waals surface area contributed by atoms with Gasteiger partial charge in [-0.1, -0.05) is 30.3 Å². The van der Waals surface area contributed by atoms with E-state index < -0.39 is 0 Å². The van der Waals surface area contributed by atoms with Crippen LogP contribution in [0.3, 0.4) is 0 Å². The van der Waals surface area contributed by atoms with Gasteiger partial charge < -0.3 is 10.1 Å². The van der Waals surface area contributed by atoms with Crippen LogP contribution in [0.5, 0.6) is 5.75 Å². The third-order valence-corrected chi connectivity index (χ3v) is 3.71. The van der Waals surface area contributed by atoms with Crippen LogP contribution in [0.15, 0.2) is 67.0 Å². The first-order valence-electron chi connectivity index (χ1n) is 8.03. The third kappa shape index (κ3) is 4.57. The van der Waals surface area contributed by atoms with Crippen molar-refractivity contribution in [1.82, 2.24) is 9.78 Å². The first kappa shape index (κ1) is 17.4. The number of ether oxygens (including phenoxy) is 1. The molecule has 0 fully saturated rings. The quantitative estimate of drug-likeness (QED) is 0.689. The summed E-state index contributed by atoms with van der Waals surface area (Å²) in [5, 5.41) is 6.95. The lowest BCUT2D eigenvalue weighted by molar-refractivity contribution is -0.111. The second-order valence-corrected chi connectivity index (χ2v) is 5.62. The van der Waals surface area contributed by atoms with Crippen LogP contribution in [-0.2, 0) is 11.3 Å². The van der Waals surface area contributed by atoms with Crippen molar-refractivity contribution < 1.29 is 13.9 Å². The fraction of sp³-hybridized carbons (Fsp3) is 0.100. The minimum Gasteiger partial charge on any atom is -0.496 e. The van der Waals surface area contributed by atoms with Gasteiger partial charge in [-0.3, -0.25) is 9.48 Å². The Bertz CT molecular complexity index is 917. The minimum absolute atomic E-state index is 0.266. The van der Waals surface area contributed by atoms with Gasteiger partial charge in [-0.25, -0.2) is 4.39 Å². The maximum Gasteiger partial charge on any atom is 0.248 e. The van der Waals surface area contributed by atoms with Crippen LogP contribution < -0.4 is 10.1 Å². The molecule has 132 valence electrons. The molecule has 1 aromatic heterocycles. The van der Waals surface area contributed by atoms with Crippen molar-refractivity contribution in [1.29, 1.82) is 0 Å². The van der Waals surface area contributed by atoms with Gasteiger partial charge in [-0.2, -0.15) is 5.10 Å². The Morgan fingerprint density at radius 3 is 2.77 bits per heavy atom. The zero-order chi connectivity index (χ0) is 18.4. The summed E-state index contributed by atoms with van der Waals surface area (Å²) in [6.45, 7) is 0.493. The number of halogens is 1. The highest BCUT2D eigenvalue weighted by atomic mass is 19.1. The van der Waals surface area contributed by atoms with Crippen LogP contribution in [0.25, 0.3) is 6.08 Å². The number of hydrogen-bond donors (Lipinski definition) is 1. The second-order valence-electron chi connectivity index (χ2n) is 5.62. The number of hydrogen-bond acceptors (Lipinski definition) is 3. The van der Waals surface area contributed by atoms with E-state index in [1.54, 1.807) is 42.4 Å². The third-order valence-electron chi connectivity index (χ3n) is 3.71. The first-order valence-corrected chi connectivity index (χ1v) is 8.03. The zero-order valence-corrected chi connectivity index (χ0v) is 14.2. The molecule has 1 heterocycles. The summed E-state index contributed by atoms with van der Waals surface area (Å²) in [5.41, 5.74) is 2.32. The lowest BCUT2D eigenvalue weighted by Crippen LogP contribution is -2.07. The second kappa shape index (κ2) is 8.11. The number of nitrogens with one attached hydrogen (secondary N) is 1. The predicted molar refractivity (Wildman–Crippen MR) is 98.4 cm³/mol. The fourth-order valence-electron chi connectivity index (χ4n) is 2.44. The maximum atomic E-state index is 12.9. The number of rotatable bonds is 6. The Morgan fingerprint density at radius 1 is 1.23 bits per heavy atom. The van der Waals surface area contributed by atoms with Crippen LogP contribution in [-0.4, -0.2) is 22.8 Å². The van der Waals surface area contributed by atoms with Gasteiger partial charge in [0.1, 0.15) is 11.6 Å². The molecule has 2 aromatic carbocycles. The molecule has 1 N–H and O–H groups in total. The Labute approximate surface area is 150 Å². The van der Waals surface area contributed by atoms with Gasteiger partial charge in [-0.15, -0.1) is 0 Å². The molecule has 3 aromatic rings. The van der Waals surface area contributed by atoms with E-state index in [4.69, 9.17) is 4.74 Å². The standard InChI is InChI=1S/C20H18FN3O2/c1-26-19-5-3-2-4-16(19)8-11-20(25)23-18-12-22-24(14-18)13-15-6-9-17(21)10-7-15/h2-12,14H,13H2,1H3,(H,23,25)/b11-8+. The van der Waals surface area contributed by atoms with Gasteiger partial charge in [0.25, 0.3) is 0 Å². The molecule has 1 amide bonds. The zero-order valence-electron chi connectivity index (χ0n) is 14.2. The molecule has 0 aliphatic heterocycles. The molecule has 0 saturated heterocycles. The lowest BCUT2D eigenvalue weighted by Gasteiger charge is -2.03. The van der Waals surface area contributed by atoms with Crippen molar-refractivity contribution in [2.75, 3.05) is 12.4 Å². The van der Waals surface area contributed by atoms with Crippen LogP contribution in [0.1, 0.15) is 11.1 Å². The number of anilines is 1. The Balaban J connectivity index is 1.60. The summed E-state index contributed by atoms with van der Waals surface area (Å²) in [6, 6.07) is 13.6. The molecule has 6 heteroatoms. The number of aromatic nitrogens is 2. The van der Waals surface area contributed by atoms with Crippen molar-refractivity contribution in [2.24, 2.45) is 0 Å². The van der Waals surface area contributed by atoms with Crippen LogP contribution in [0.2, 0.25) is 0 Å². The van der Waals surface area contributed by atoms with E-state index in [2.05, 4.69) is 10.4 Å². The Hall–Kier alpha value is -3.41. The number of carbonyl (C=O) groups excluding carboxylic acids is 1. The van der Waals surface area contributed by atoms with Crippen molar-refractivity contribution in [3.05, 3.63) is 83.9 Å². The van der Waals surface area contributed by atoms with Gasteiger partial charge in [0, 0.05) is 17.8 Å². The smallest absolute Gasteiger partial charge is 0.248 e. The maximum absolute atomic E-state index is 12.9. The SMILES string of the molecule is COc1ccccc1/C=C/C(=O)Nc1cnn(Cc2ccc(F)cc2)c1. The number of para-hydroxylation sites is 1. The van der Waals surface area contributed by atoms with Crippen molar-refractivity contribution in [2.45, 2.75) is 6.54 Å². The first-order chi connectivity index (χ1) is 12.6. The van der Waals surface area contributed by atoms with Crippen molar-refractivity contribution in [3.8, 4) is 5.75 Å². The topological polar surface area (TPSA) is 56.1 Å². The van der Waals surface area contributed by atoms with E-state index in [1.165, 1.54) is 18.2 Å². The molecule has 3 rings (SSSR count). The molecular formula is C20H18FN3O2. The van der Waals surface area contributed by atoms with Crippen LogP contribution >= 0.6 is 0 Å². The highest BCUT2D eigenvalue weighted by molar-refractivity contribution is 6.01.